The van der Waals surface area contributed by atoms with Crippen LogP contribution in [0, 0.1) is 0 Å². The zero-order valence-electron chi connectivity index (χ0n) is 15.4. The van der Waals surface area contributed by atoms with Crippen LogP contribution in [0.3, 0.4) is 0 Å². The van der Waals surface area contributed by atoms with E-state index in [0.717, 1.165) is 5.75 Å². The van der Waals surface area contributed by atoms with E-state index in [-0.39, 0.29) is 36.4 Å². The van der Waals surface area contributed by atoms with Crippen LogP contribution in [-0.4, -0.2) is 82.8 Å². The van der Waals surface area contributed by atoms with E-state index in [1.165, 1.54) is 4.90 Å². The fourth-order valence-corrected chi connectivity index (χ4v) is 1.78. The minimum absolute atomic E-state index is 0. The Bertz CT molecular complexity index is 512. The van der Waals surface area contributed by atoms with Gasteiger partial charge in [0.15, 0.2) is 5.96 Å². The molecular weight excluding hydrogens is 435 g/mol. The summed E-state index contributed by atoms with van der Waals surface area (Å²) in [5, 5.41) is 3.19. The highest BCUT2D eigenvalue weighted by Crippen LogP contribution is 2.07. The van der Waals surface area contributed by atoms with Crippen molar-refractivity contribution < 1.29 is 14.3 Å². The summed E-state index contributed by atoms with van der Waals surface area (Å²) in [5.74, 6) is 1.44. The van der Waals surface area contributed by atoms with Crippen LogP contribution in [-0.2, 0) is 9.53 Å². The van der Waals surface area contributed by atoms with Gasteiger partial charge >= 0.3 is 0 Å². The second-order valence-electron chi connectivity index (χ2n) is 5.43. The number of hydrogen-bond donors (Lipinski definition) is 1. The predicted molar refractivity (Wildman–Crippen MR) is 111 cm³/mol. The topological polar surface area (TPSA) is 66.4 Å². The third kappa shape index (κ3) is 10.1. The Morgan fingerprint density at radius 3 is 2.44 bits per heavy atom. The van der Waals surface area contributed by atoms with Crippen molar-refractivity contribution in [2.75, 3.05) is 61.1 Å². The number of rotatable bonds is 9. The number of amides is 1. The molecule has 0 aliphatic heterocycles. The number of likely N-dealkylation sites (N-methyl/N-ethyl adjacent to an activating group) is 2. The molecular formula is C17H29IN4O3. The number of hydrogen-bond acceptors (Lipinski definition) is 4. The summed E-state index contributed by atoms with van der Waals surface area (Å²) in [6.45, 7) is 2.45. The molecule has 1 rings (SSSR count). The molecule has 1 amide bonds. The summed E-state index contributed by atoms with van der Waals surface area (Å²) in [6, 6.07) is 9.66. The van der Waals surface area contributed by atoms with E-state index in [4.69, 9.17) is 9.47 Å². The van der Waals surface area contributed by atoms with Gasteiger partial charge in [0.2, 0.25) is 5.91 Å². The Balaban J connectivity index is 0.00000576. The molecule has 0 saturated heterocycles. The van der Waals surface area contributed by atoms with E-state index >= 15 is 0 Å². The molecule has 1 aromatic carbocycles. The average molecular weight is 464 g/mol. The fraction of sp³-hybridized carbons (Fsp3) is 0.529. The Morgan fingerprint density at radius 2 is 1.84 bits per heavy atom. The van der Waals surface area contributed by atoms with Crippen LogP contribution in [0.2, 0.25) is 0 Å². The van der Waals surface area contributed by atoms with E-state index in [1.54, 1.807) is 21.2 Å². The molecule has 8 heteroatoms. The van der Waals surface area contributed by atoms with Crippen molar-refractivity contribution >= 4 is 35.8 Å². The van der Waals surface area contributed by atoms with Gasteiger partial charge in [0.1, 0.15) is 18.9 Å². The fourth-order valence-electron chi connectivity index (χ4n) is 1.78. The average Bonchev–Trinajstić information content (AvgIpc) is 2.58. The molecule has 0 aliphatic carbocycles. The SMILES string of the molecule is COCCNC(=NCC(=O)N(C)C)N(C)CCOc1ccccc1.I. The van der Waals surface area contributed by atoms with Gasteiger partial charge in [0.25, 0.3) is 0 Å². The first kappa shape index (κ1) is 23.4. The molecule has 1 aromatic rings. The molecule has 0 fully saturated rings. The maximum absolute atomic E-state index is 11.7. The van der Waals surface area contributed by atoms with Gasteiger partial charge in [-0.3, -0.25) is 4.79 Å². The Kier molecular flexibility index (Phi) is 12.9. The summed E-state index contributed by atoms with van der Waals surface area (Å²) >= 11 is 0. The van der Waals surface area contributed by atoms with Crippen molar-refractivity contribution in [3.05, 3.63) is 30.3 Å². The lowest BCUT2D eigenvalue weighted by atomic mass is 10.3. The first-order chi connectivity index (χ1) is 11.5. The monoisotopic (exact) mass is 464 g/mol. The normalized spacial score (nSPS) is 10.6. The van der Waals surface area contributed by atoms with Crippen LogP contribution in [0.15, 0.2) is 35.3 Å². The number of ether oxygens (including phenoxy) is 2. The third-order valence-corrected chi connectivity index (χ3v) is 3.25. The van der Waals surface area contributed by atoms with Crippen LogP contribution >= 0.6 is 24.0 Å². The van der Waals surface area contributed by atoms with Crippen molar-refractivity contribution in [1.82, 2.24) is 15.1 Å². The van der Waals surface area contributed by atoms with E-state index < -0.39 is 0 Å². The Hall–Kier alpha value is -1.55. The smallest absolute Gasteiger partial charge is 0.243 e. The van der Waals surface area contributed by atoms with Crippen molar-refractivity contribution in [3.63, 3.8) is 0 Å². The summed E-state index contributed by atoms with van der Waals surface area (Å²) in [7, 11) is 6.99. The molecule has 0 saturated carbocycles. The van der Waals surface area contributed by atoms with E-state index in [2.05, 4.69) is 10.3 Å². The molecule has 142 valence electrons. The number of halogens is 1. The molecule has 25 heavy (non-hydrogen) atoms. The summed E-state index contributed by atoms with van der Waals surface area (Å²) < 4.78 is 10.7. The minimum Gasteiger partial charge on any atom is -0.492 e. The van der Waals surface area contributed by atoms with Gasteiger partial charge in [-0.25, -0.2) is 4.99 Å². The van der Waals surface area contributed by atoms with Gasteiger partial charge in [0.05, 0.1) is 13.2 Å². The number of guanidine groups is 1. The van der Waals surface area contributed by atoms with Crippen molar-refractivity contribution in [3.8, 4) is 5.75 Å². The molecule has 0 aromatic heterocycles. The maximum atomic E-state index is 11.7. The predicted octanol–water partition coefficient (Wildman–Crippen LogP) is 1.30. The molecule has 0 heterocycles. The highest BCUT2D eigenvalue weighted by molar-refractivity contribution is 14.0. The summed E-state index contributed by atoms with van der Waals surface area (Å²) in [5.41, 5.74) is 0. The first-order valence-corrected chi connectivity index (χ1v) is 7.91. The van der Waals surface area contributed by atoms with Crippen LogP contribution in [0.1, 0.15) is 0 Å². The molecule has 0 aliphatic rings. The minimum atomic E-state index is -0.0463. The number of para-hydroxylation sites is 1. The quantitative estimate of drug-likeness (QED) is 0.258. The molecule has 0 bridgehead atoms. The van der Waals surface area contributed by atoms with Crippen LogP contribution in [0.25, 0.3) is 0 Å². The van der Waals surface area contributed by atoms with Crippen molar-refractivity contribution in [1.29, 1.82) is 0 Å². The Labute approximate surface area is 167 Å². The van der Waals surface area contributed by atoms with Crippen LogP contribution in [0.5, 0.6) is 5.75 Å². The number of benzene rings is 1. The van der Waals surface area contributed by atoms with Gasteiger partial charge in [-0.2, -0.15) is 0 Å². The van der Waals surface area contributed by atoms with Crippen LogP contribution in [0.4, 0.5) is 0 Å². The second kappa shape index (κ2) is 13.7. The molecule has 7 nitrogen and oxygen atoms in total. The number of carbonyl (C=O) groups excluding carboxylic acids is 1. The lowest BCUT2D eigenvalue weighted by Crippen LogP contribution is -2.42. The molecule has 0 radical (unpaired) electrons. The zero-order valence-corrected chi connectivity index (χ0v) is 17.7. The van der Waals surface area contributed by atoms with E-state index in [1.807, 2.05) is 42.3 Å². The number of nitrogens with zero attached hydrogens (tertiary/aromatic N) is 3. The number of methoxy groups -OCH3 is 1. The molecule has 0 unspecified atom stereocenters. The lowest BCUT2D eigenvalue weighted by Gasteiger charge is -2.22. The van der Waals surface area contributed by atoms with E-state index in [0.29, 0.717) is 32.3 Å². The molecule has 0 atom stereocenters. The standard InChI is InChI=1S/C17H28N4O3.HI/c1-20(2)16(22)14-19-17(18-10-12-23-4)21(3)11-13-24-15-8-6-5-7-9-15;/h5-9H,10-14H2,1-4H3,(H,18,19);1H. The van der Waals surface area contributed by atoms with Crippen molar-refractivity contribution in [2.45, 2.75) is 0 Å². The highest BCUT2D eigenvalue weighted by Gasteiger charge is 2.09. The van der Waals surface area contributed by atoms with Crippen LogP contribution < -0.4 is 10.1 Å². The highest BCUT2D eigenvalue weighted by atomic mass is 127. The Morgan fingerprint density at radius 1 is 1.16 bits per heavy atom. The van der Waals surface area contributed by atoms with Gasteiger partial charge < -0.3 is 24.6 Å². The molecule has 1 N–H and O–H groups in total. The van der Waals surface area contributed by atoms with E-state index in [9.17, 15) is 4.79 Å². The lowest BCUT2D eigenvalue weighted by molar-refractivity contribution is -0.127. The van der Waals surface area contributed by atoms with Crippen molar-refractivity contribution in [2.24, 2.45) is 4.99 Å². The molecule has 0 spiro atoms. The van der Waals surface area contributed by atoms with Gasteiger partial charge in [-0.15, -0.1) is 24.0 Å². The first-order valence-electron chi connectivity index (χ1n) is 7.91. The summed E-state index contributed by atoms with van der Waals surface area (Å²) in [6.07, 6.45) is 0. The number of aliphatic imine (C=N–C) groups is 1. The van der Waals surface area contributed by atoms with Gasteiger partial charge in [0, 0.05) is 34.8 Å². The number of carbonyl (C=O) groups is 1. The number of nitrogens with one attached hydrogen (secondary N) is 1. The van der Waals surface area contributed by atoms with Gasteiger partial charge in [-0.1, -0.05) is 18.2 Å². The zero-order chi connectivity index (χ0) is 17.8. The third-order valence-electron chi connectivity index (χ3n) is 3.25. The maximum Gasteiger partial charge on any atom is 0.243 e. The largest absolute Gasteiger partial charge is 0.492 e. The van der Waals surface area contributed by atoms with Gasteiger partial charge in [-0.05, 0) is 12.1 Å². The summed E-state index contributed by atoms with van der Waals surface area (Å²) in [4.78, 5) is 19.5. The second-order valence-corrected chi connectivity index (χ2v) is 5.43.